The summed E-state index contributed by atoms with van der Waals surface area (Å²) in [5, 5.41) is 9.59. The van der Waals surface area contributed by atoms with E-state index in [-0.39, 0.29) is 0 Å². The van der Waals surface area contributed by atoms with Gasteiger partial charge in [-0.1, -0.05) is 146 Å². The van der Waals surface area contributed by atoms with Crippen LogP contribution in [0.1, 0.15) is 0 Å². The first-order valence-electron chi connectivity index (χ1n) is 21.1. The minimum atomic E-state index is 0.864. The third kappa shape index (κ3) is 5.37. The van der Waals surface area contributed by atoms with Gasteiger partial charge in [0.2, 0.25) is 0 Å². The number of hydrogen-bond acceptors (Lipinski definition) is 3. The number of fused-ring (bicyclic) bond motifs is 11. The van der Waals surface area contributed by atoms with E-state index < -0.39 is 0 Å². The molecular weight excluding hydrogens is 773 g/mol. The molecule has 0 saturated carbocycles. The zero-order chi connectivity index (χ0) is 40.7. The molecule has 0 atom stereocenters. The molecule has 13 rings (SSSR count). The summed E-state index contributed by atoms with van der Waals surface area (Å²) in [7, 11) is 0. The molecule has 0 spiro atoms. The highest BCUT2D eigenvalue weighted by atomic mass is 32.1. The summed E-state index contributed by atoms with van der Waals surface area (Å²) in [6.07, 6.45) is 0. The summed E-state index contributed by atoms with van der Waals surface area (Å²) < 4.78 is 11.7. The van der Waals surface area contributed by atoms with Crippen LogP contribution in [0.5, 0.6) is 0 Å². The van der Waals surface area contributed by atoms with Gasteiger partial charge in [-0.25, -0.2) is 0 Å². The molecule has 0 amide bonds. The highest BCUT2D eigenvalue weighted by Crippen LogP contribution is 2.46. The smallest absolute Gasteiger partial charge is 0.143 e. The first-order valence-corrected chi connectivity index (χ1v) is 21.9. The third-order valence-electron chi connectivity index (χ3n) is 12.6. The molecule has 0 aliphatic rings. The van der Waals surface area contributed by atoms with Crippen molar-refractivity contribution in [1.29, 1.82) is 0 Å². The van der Waals surface area contributed by atoms with Crippen LogP contribution < -0.4 is 4.90 Å². The SMILES string of the molecule is c1cc(-c2cccc3c2sc2ccccc23)cc(N(c2ccc(-c3cccc(-n4c5ccccc5c5ccccc54)c3)cc2)c2cccc3oc4c5ccccc5ccc4c23)c1. The number of furan rings is 1. The van der Waals surface area contributed by atoms with Crippen LogP contribution in [0.15, 0.2) is 223 Å². The van der Waals surface area contributed by atoms with E-state index in [1.807, 2.05) is 11.3 Å². The Hall–Kier alpha value is -7.92. The fourth-order valence-corrected chi connectivity index (χ4v) is 11.0. The van der Waals surface area contributed by atoms with E-state index in [1.165, 1.54) is 58.5 Å². The molecule has 62 heavy (non-hydrogen) atoms. The Morgan fingerprint density at radius 1 is 0.419 bits per heavy atom. The molecule has 3 nitrogen and oxygen atoms in total. The van der Waals surface area contributed by atoms with Crippen molar-refractivity contribution in [3.05, 3.63) is 218 Å². The second kappa shape index (κ2) is 13.8. The van der Waals surface area contributed by atoms with Gasteiger partial charge in [0.25, 0.3) is 0 Å². The first kappa shape index (κ1) is 34.9. The van der Waals surface area contributed by atoms with Crippen LogP contribution in [0.3, 0.4) is 0 Å². The fraction of sp³-hybridized carbons (Fsp3) is 0. The topological polar surface area (TPSA) is 21.3 Å². The van der Waals surface area contributed by atoms with Gasteiger partial charge in [-0.3, -0.25) is 0 Å². The van der Waals surface area contributed by atoms with E-state index in [1.54, 1.807) is 0 Å². The van der Waals surface area contributed by atoms with Crippen LogP contribution in [0, 0.1) is 0 Å². The van der Waals surface area contributed by atoms with E-state index in [9.17, 15) is 0 Å². The number of benzene rings is 10. The molecule has 0 aliphatic carbocycles. The molecule has 4 heteroatoms. The van der Waals surface area contributed by atoms with Crippen molar-refractivity contribution in [2.45, 2.75) is 0 Å². The average molecular weight is 809 g/mol. The lowest BCUT2D eigenvalue weighted by Crippen LogP contribution is -2.10. The van der Waals surface area contributed by atoms with Gasteiger partial charge in [0.1, 0.15) is 11.2 Å². The summed E-state index contributed by atoms with van der Waals surface area (Å²) >= 11 is 1.87. The zero-order valence-electron chi connectivity index (χ0n) is 33.5. The average Bonchev–Trinajstić information content (AvgIpc) is 4.02. The van der Waals surface area contributed by atoms with Crippen molar-refractivity contribution in [1.82, 2.24) is 4.57 Å². The highest BCUT2D eigenvalue weighted by molar-refractivity contribution is 7.26. The molecule has 0 aliphatic heterocycles. The summed E-state index contributed by atoms with van der Waals surface area (Å²) in [6, 6.07) is 79.1. The van der Waals surface area contributed by atoms with Crippen molar-refractivity contribution < 1.29 is 4.42 Å². The number of thiophene rings is 1. The standard InChI is InChI=1S/C58H36N2OS/c1-2-18-44-38(13-1)31-34-50-56-53(26-12-27-54(56)61-57(44)50)59(42-16-10-15-40(36-42)45-22-11-23-49-48-21-5-8-28-55(48)62-58(45)49)41-32-29-37(30-33-41)39-14-9-17-43(35-39)60-51-24-6-3-19-46(51)47-20-4-7-25-52(47)60/h1-36H. The monoisotopic (exact) mass is 808 g/mol. The molecule has 0 fully saturated rings. The van der Waals surface area contributed by atoms with Gasteiger partial charge in [-0.2, -0.15) is 0 Å². The molecule has 3 aromatic heterocycles. The Balaban J connectivity index is 0.978. The van der Waals surface area contributed by atoms with Gasteiger partial charge in [0.05, 0.1) is 22.1 Å². The van der Waals surface area contributed by atoms with Crippen LogP contribution in [0.25, 0.3) is 103 Å². The third-order valence-corrected chi connectivity index (χ3v) is 13.8. The zero-order valence-corrected chi connectivity index (χ0v) is 34.3. The molecule has 10 aromatic carbocycles. The van der Waals surface area contributed by atoms with Gasteiger partial charge < -0.3 is 13.9 Å². The van der Waals surface area contributed by atoms with Crippen molar-refractivity contribution in [3.8, 4) is 27.9 Å². The van der Waals surface area contributed by atoms with Crippen LogP contribution in [0.2, 0.25) is 0 Å². The molecule has 3 heterocycles. The van der Waals surface area contributed by atoms with E-state index in [0.29, 0.717) is 0 Å². The van der Waals surface area contributed by atoms with Gasteiger partial charge in [0, 0.05) is 58.8 Å². The minimum absolute atomic E-state index is 0.864. The largest absolute Gasteiger partial charge is 0.455 e. The molecule has 13 aromatic rings. The fourth-order valence-electron chi connectivity index (χ4n) is 9.76. The number of para-hydroxylation sites is 2. The predicted molar refractivity (Wildman–Crippen MR) is 264 cm³/mol. The maximum atomic E-state index is 6.74. The van der Waals surface area contributed by atoms with Crippen molar-refractivity contribution in [2.24, 2.45) is 0 Å². The van der Waals surface area contributed by atoms with Crippen LogP contribution in [-0.2, 0) is 0 Å². The van der Waals surface area contributed by atoms with Gasteiger partial charge in [-0.15, -0.1) is 11.3 Å². The molecule has 0 saturated heterocycles. The summed E-state index contributed by atoms with van der Waals surface area (Å²) in [4.78, 5) is 2.40. The van der Waals surface area contributed by atoms with Crippen LogP contribution in [-0.4, -0.2) is 4.57 Å². The van der Waals surface area contributed by atoms with E-state index in [4.69, 9.17) is 4.42 Å². The Morgan fingerprint density at radius 3 is 1.94 bits per heavy atom. The minimum Gasteiger partial charge on any atom is -0.455 e. The maximum Gasteiger partial charge on any atom is 0.143 e. The number of nitrogens with zero attached hydrogens (tertiary/aromatic N) is 2. The van der Waals surface area contributed by atoms with Crippen LogP contribution >= 0.6 is 11.3 Å². The summed E-state index contributed by atoms with van der Waals surface area (Å²) in [6.45, 7) is 0. The normalized spacial score (nSPS) is 11.9. The Labute approximate surface area is 361 Å². The van der Waals surface area contributed by atoms with Gasteiger partial charge in [0.15, 0.2) is 0 Å². The lowest BCUT2D eigenvalue weighted by molar-refractivity contribution is 0.672. The first-order chi connectivity index (χ1) is 30.7. The highest BCUT2D eigenvalue weighted by Gasteiger charge is 2.22. The van der Waals surface area contributed by atoms with Gasteiger partial charge in [-0.05, 0) is 100 Å². The van der Waals surface area contributed by atoms with Crippen molar-refractivity contribution >= 4 is 103 Å². The Morgan fingerprint density at radius 2 is 1.10 bits per heavy atom. The molecular formula is C58H36N2OS. The number of rotatable bonds is 6. The Kier molecular flexibility index (Phi) is 7.78. The quantitative estimate of drug-likeness (QED) is 0.167. The van der Waals surface area contributed by atoms with E-state index >= 15 is 0 Å². The van der Waals surface area contributed by atoms with Crippen molar-refractivity contribution in [2.75, 3.05) is 4.90 Å². The van der Waals surface area contributed by atoms with Crippen LogP contribution in [0.4, 0.5) is 17.1 Å². The molecule has 290 valence electrons. The predicted octanol–water partition coefficient (Wildman–Crippen LogP) is 17.0. The second-order valence-electron chi connectivity index (χ2n) is 16.0. The second-order valence-corrected chi connectivity index (χ2v) is 17.1. The number of anilines is 3. The summed E-state index contributed by atoms with van der Waals surface area (Å²) in [5.74, 6) is 0. The van der Waals surface area contributed by atoms with Gasteiger partial charge >= 0.3 is 0 Å². The molecule has 0 bridgehead atoms. The lowest BCUT2D eigenvalue weighted by atomic mass is 10.0. The molecule has 0 radical (unpaired) electrons. The molecule has 0 N–H and O–H groups in total. The maximum absolute atomic E-state index is 6.74. The molecule has 0 unspecified atom stereocenters. The summed E-state index contributed by atoms with van der Waals surface area (Å²) in [5.41, 5.74) is 13.3. The number of aromatic nitrogens is 1. The van der Waals surface area contributed by atoms with E-state index in [0.717, 1.165) is 61.2 Å². The number of hydrogen-bond donors (Lipinski definition) is 0. The Bertz CT molecular complexity index is 3830. The van der Waals surface area contributed by atoms with Crippen molar-refractivity contribution in [3.63, 3.8) is 0 Å². The lowest BCUT2D eigenvalue weighted by Gasteiger charge is -2.27. The van der Waals surface area contributed by atoms with E-state index in [2.05, 4.69) is 228 Å².